The minimum atomic E-state index is -0.0873. The van der Waals surface area contributed by atoms with Crippen molar-refractivity contribution in [1.29, 1.82) is 0 Å². The Morgan fingerprint density at radius 2 is 2.28 bits per heavy atom. The van der Waals surface area contributed by atoms with Gasteiger partial charge in [0.1, 0.15) is 0 Å². The number of amides is 1. The first-order chi connectivity index (χ1) is 8.66. The minimum Gasteiger partial charge on any atom is -0.345 e. The molecule has 0 saturated carbocycles. The molecule has 0 saturated heterocycles. The van der Waals surface area contributed by atoms with Crippen molar-refractivity contribution in [2.75, 3.05) is 6.54 Å². The van der Waals surface area contributed by atoms with Crippen LogP contribution in [-0.2, 0) is 4.79 Å². The van der Waals surface area contributed by atoms with Gasteiger partial charge in [0.05, 0.1) is 12.1 Å². The van der Waals surface area contributed by atoms with Crippen LogP contribution in [0.5, 0.6) is 0 Å². The zero-order chi connectivity index (χ0) is 13.0. The number of halogens is 1. The fraction of sp³-hybridized carbons (Fsp3) is 0.143. The first-order valence-electron chi connectivity index (χ1n) is 5.44. The fourth-order valence-electron chi connectivity index (χ4n) is 1.54. The fourth-order valence-corrected chi connectivity index (χ4v) is 1.70. The van der Waals surface area contributed by atoms with Crippen molar-refractivity contribution in [3.8, 4) is 11.8 Å². The zero-order valence-electron chi connectivity index (χ0n) is 9.83. The summed E-state index contributed by atoms with van der Waals surface area (Å²) in [5.41, 5.74) is 1.69. The number of hydrogen-bond donors (Lipinski definition) is 1. The lowest BCUT2D eigenvalue weighted by Gasteiger charge is -2.00. The van der Waals surface area contributed by atoms with E-state index in [9.17, 15) is 4.79 Å². The molecule has 0 spiro atoms. The summed E-state index contributed by atoms with van der Waals surface area (Å²) in [6.07, 6.45) is 1.70. The van der Waals surface area contributed by atoms with Crippen molar-refractivity contribution >= 4 is 28.4 Å². The summed E-state index contributed by atoms with van der Waals surface area (Å²) < 4.78 is 0. The van der Waals surface area contributed by atoms with E-state index in [1.54, 1.807) is 12.3 Å². The second-order valence-electron chi connectivity index (χ2n) is 3.73. The molecule has 1 heterocycles. The Morgan fingerprint density at radius 1 is 1.44 bits per heavy atom. The molecule has 1 aromatic carbocycles. The third kappa shape index (κ3) is 2.99. The van der Waals surface area contributed by atoms with Gasteiger partial charge in [-0.2, -0.15) is 0 Å². The normalized spacial score (nSPS) is 9.67. The number of benzene rings is 1. The SMILES string of the molecule is CC(=O)NCC#Cc1ccnc2cc(Cl)ccc12. The Morgan fingerprint density at radius 3 is 3.06 bits per heavy atom. The number of carbonyl (C=O) groups is 1. The van der Waals surface area contributed by atoms with Crippen molar-refractivity contribution in [1.82, 2.24) is 10.3 Å². The molecule has 0 radical (unpaired) electrons. The molecule has 2 rings (SSSR count). The van der Waals surface area contributed by atoms with Crippen LogP contribution in [0.3, 0.4) is 0 Å². The molecule has 18 heavy (non-hydrogen) atoms. The van der Waals surface area contributed by atoms with Gasteiger partial charge in [-0.15, -0.1) is 0 Å². The van der Waals surface area contributed by atoms with Crippen LogP contribution in [0, 0.1) is 11.8 Å². The van der Waals surface area contributed by atoms with Gasteiger partial charge in [0.25, 0.3) is 0 Å². The molecule has 2 aromatic rings. The van der Waals surface area contributed by atoms with Crippen molar-refractivity contribution in [3.05, 3.63) is 41.0 Å². The van der Waals surface area contributed by atoms with Gasteiger partial charge < -0.3 is 5.32 Å². The van der Waals surface area contributed by atoms with E-state index in [0.717, 1.165) is 16.5 Å². The highest BCUT2D eigenvalue weighted by Crippen LogP contribution is 2.19. The Kier molecular flexibility index (Phi) is 3.81. The highest BCUT2D eigenvalue weighted by molar-refractivity contribution is 6.31. The van der Waals surface area contributed by atoms with Gasteiger partial charge in [-0.25, -0.2) is 0 Å². The van der Waals surface area contributed by atoms with Crippen LogP contribution in [0.15, 0.2) is 30.5 Å². The van der Waals surface area contributed by atoms with Crippen molar-refractivity contribution in [2.45, 2.75) is 6.92 Å². The number of pyridine rings is 1. The lowest BCUT2D eigenvalue weighted by Crippen LogP contribution is -2.19. The average Bonchev–Trinajstić information content (AvgIpc) is 2.34. The van der Waals surface area contributed by atoms with E-state index in [1.807, 2.05) is 18.2 Å². The van der Waals surface area contributed by atoms with Crippen LogP contribution in [-0.4, -0.2) is 17.4 Å². The molecule has 0 aliphatic heterocycles. The van der Waals surface area contributed by atoms with Crippen LogP contribution in [0.1, 0.15) is 12.5 Å². The molecule has 0 unspecified atom stereocenters. The molecule has 0 bridgehead atoms. The average molecular weight is 259 g/mol. The molecule has 3 nitrogen and oxygen atoms in total. The second kappa shape index (κ2) is 5.52. The van der Waals surface area contributed by atoms with Gasteiger partial charge in [-0.05, 0) is 18.2 Å². The third-order valence-electron chi connectivity index (χ3n) is 2.35. The van der Waals surface area contributed by atoms with Crippen LogP contribution >= 0.6 is 11.6 Å². The van der Waals surface area contributed by atoms with Crippen LogP contribution in [0.2, 0.25) is 5.02 Å². The van der Waals surface area contributed by atoms with Gasteiger partial charge in [0.15, 0.2) is 0 Å². The van der Waals surface area contributed by atoms with Gasteiger partial charge >= 0.3 is 0 Å². The minimum absolute atomic E-state index is 0.0873. The van der Waals surface area contributed by atoms with E-state index >= 15 is 0 Å². The summed E-state index contributed by atoms with van der Waals surface area (Å²) in [6.45, 7) is 1.80. The lowest BCUT2D eigenvalue weighted by atomic mass is 10.1. The second-order valence-corrected chi connectivity index (χ2v) is 4.17. The van der Waals surface area contributed by atoms with E-state index in [1.165, 1.54) is 6.92 Å². The standard InChI is InChI=1S/C14H11ClN2O/c1-10(18)16-7-2-3-11-6-8-17-14-9-12(15)4-5-13(11)14/h4-6,8-9H,7H2,1H3,(H,16,18). The Bertz CT molecular complexity index is 656. The molecule has 0 fully saturated rings. The van der Waals surface area contributed by atoms with Gasteiger partial charge in [-0.3, -0.25) is 9.78 Å². The van der Waals surface area contributed by atoms with Crippen LogP contribution < -0.4 is 5.32 Å². The summed E-state index contributed by atoms with van der Waals surface area (Å²) in [6, 6.07) is 7.35. The molecule has 90 valence electrons. The van der Waals surface area contributed by atoms with E-state index < -0.39 is 0 Å². The number of hydrogen-bond acceptors (Lipinski definition) is 2. The maximum absolute atomic E-state index is 10.7. The number of rotatable bonds is 1. The summed E-state index contributed by atoms with van der Waals surface area (Å²) in [5.74, 6) is 5.82. The third-order valence-corrected chi connectivity index (χ3v) is 2.59. The molecule has 4 heteroatoms. The summed E-state index contributed by atoms with van der Waals surface area (Å²) in [4.78, 5) is 14.9. The predicted octanol–water partition coefficient (Wildman–Crippen LogP) is 2.38. The van der Waals surface area contributed by atoms with Gasteiger partial charge in [0.2, 0.25) is 5.91 Å². The van der Waals surface area contributed by atoms with E-state index in [0.29, 0.717) is 11.6 Å². The van der Waals surface area contributed by atoms with Gasteiger partial charge in [-0.1, -0.05) is 29.5 Å². The summed E-state index contributed by atoms with van der Waals surface area (Å²) in [7, 11) is 0. The number of aromatic nitrogens is 1. The largest absolute Gasteiger partial charge is 0.345 e. The number of nitrogens with zero attached hydrogens (tertiary/aromatic N) is 1. The number of carbonyl (C=O) groups excluding carboxylic acids is 1. The molecular weight excluding hydrogens is 248 g/mol. The van der Waals surface area contributed by atoms with E-state index in [2.05, 4.69) is 22.1 Å². The molecule has 1 aromatic heterocycles. The van der Waals surface area contributed by atoms with Crippen LogP contribution in [0.4, 0.5) is 0 Å². The van der Waals surface area contributed by atoms with Crippen LogP contribution in [0.25, 0.3) is 10.9 Å². The monoisotopic (exact) mass is 258 g/mol. The lowest BCUT2D eigenvalue weighted by molar-refractivity contribution is -0.118. The molecule has 1 amide bonds. The Labute approximate surface area is 110 Å². The zero-order valence-corrected chi connectivity index (χ0v) is 10.6. The summed E-state index contributed by atoms with van der Waals surface area (Å²) >= 11 is 5.91. The topological polar surface area (TPSA) is 42.0 Å². The summed E-state index contributed by atoms with van der Waals surface area (Å²) in [5, 5.41) is 4.23. The molecule has 1 N–H and O–H groups in total. The Balaban J connectivity index is 2.31. The molecule has 0 atom stereocenters. The van der Waals surface area contributed by atoms with Crippen molar-refractivity contribution < 1.29 is 4.79 Å². The first-order valence-corrected chi connectivity index (χ1v) is 5.82. The highest BCUT2D eigenvalue weighted by Gasteiger charge is 1.99. The maximum Gasteiger partial charge on any atom is 0.217 e. The van der Waals surface area contributed by atoms with Crippen molar-refractivity contribution in [2.24, 2.45) is 0 Å². The van der Waals surface area contributed by atoms with E-state index in [4.69, 9.17) is 11.6 Å². The number of nitrogens with one attached hydrogen (secondary N) is 1. The van der Waals surface area contributed by atoms with E-state index in [-0.39, 0.29) is 5.91 Å². The quantitative estimate of drug-likeness (QED) is 0.798. The molecule has 0 aliphatic rings. The first kappa shape index (κ1) is 12.4. The van der Waals surface area contributed by atoms with Gasteiger partial charge in [0, 0.05) is 29.1 Å². The highest BCUT2D eigenvalue weighted by atomic mass is 35.5. The van der Waals surface area contributed by atoms with Crippen molar-refractivity contribution in [3.63, 3.8) is 0 Å². The predicted molar refractivity (Wildman–Crippen MR) is 72.3 cm³/mol. The maximum atomic E-state index is 10.7. The molecule has 0 aliphatic carbocycles. The smallest absolute Gasteiger partial charge is 0.217 e. The Hall–Kier alpha value is -2.05. The molecular formula is C14H11ClN2O. The number of fused-ring (bicyclic) bond motifs is 1.